The highest BCUT2D eigenvalue weighted by atomic mass is 16.5. The Kier molecular flexibility index (Phi) is 3.88. The van der Waals surface area contributed by atoms with Crippen LogP contribution in [0.2, 0.25) is 0 Å². The number of hydrogen-bond donors (Lipinski definition) is 0. The zero-order chi connectivity index (χ0) is 16.7. The van der Waals surface area contributed by atoms with E-state index in [1.54, 1.807) is 24.3 Å². The van der Waals surface area contributed by atoms with E-state index in [0.717, 1.165) is 24.2 Å². The zero-order valence-electron chi connectivity index (χ0n) is 13.9. The summed E-state index contributed by atoms with van der Waals surface area (Å²) in [5.41, 5.74) is 0.848. The van der Waals surface area contributed by atoms with E-state index in [9.17, 15) is 4.79 Å². The summed E-state index contributed by atoms with van der Waals surface area (Å²) in [6, 6.07) is 1.80. The van der Waals surface area contributed by atoms with E-state index < -0.39 is 0 Å². The third kappa shape index (κ3) is 2.73. The second-order valence-corrected chi connectivity index (χ2v) is 6.73. The van der Waals surface area contributed by atoms with Gasteiger partial charge in [-0.1, -0.05) is 5.16 Å². The Morgan fingerprint density at radius 2 is 2.25 bits per heavy atom. The molecule has 2 aromatic rings. The molecule has 0 bridgehead atoms. The number of aryl methyl sites for hydroxylation is 1. The first kappa shape index (κ1) is 15.4. The summed E-state index contributed by atoms with van der Waals surface area (Å²) in [6.07, 6.45) is 3.81. The van der Waals surface area contributed by atoms with Gasteiger partial charge in [-0.15, -0.1) is 0 Å². The van der Waals surface area contributed by atoms with Gasteiger partial charge in [-0.2, -0.15) is 4.98 Å². The number of furan rings is 1. The maximum Gasteiger partial charge on any atom is 0.289 e. The van der Waals surface area contributed by atoms with E-state index in [4.69, 9.17) is 13.7 Å². The van der Waals surface area contributed by atoms with Crippen molar-refractivity contribution < 1.29 is 18.5 Å². The van der Waals surface area contributed by atoms with Crippen molar-refractivity contribution in [2.75, 3.05) is 26.8 Å². The van der Waals surface area contributed by atoms with Crippen molar-refractivity contribution >= 4 is 5.91 Å². The first-order valence-corrected chi connectivity index (χ1v) is 8.33. The summed E-state index contributed by atoms with van der Waals surface area (Å²) >= 11 is 0. The van der Waals surface area contributed by atoms with Crippen LogP contribution >= 0.6 is 0 Å². The molecule has 0 unspecified atom stereocenters. The normalized spacial score (nSPS) is 23.8. The van der Waals surface area contributed by atoms with Gasteiger partial charge in [-0.05, 0) is 25.8 Å². The summed E-state index contributed by atoms with van der Waals surface area (Å²) in [7, 11) is 1.67. The number of ether oxygens (including phenoxy) is 1. The van der Waals surface area contributed by atoms with E-state index in [0.29, 0.717) is 37.3 Å². The molecule has 1 amide bonds. The van der Waals surface area contributed by atoms with Gasteiger partial charge >= 0.3 is 0 Å². The minimum absolute atomic E-state index is 0.00386. The number of aromatic nitrogens is 2. The van der Waals surface area contributed by atoms with Crippen LogP contribution in [0, 0.1) is 12.8 Å². The van der Waals surface area contributed by atoms with E-state index in [-0.39, 0.29) is 17.7 Å². The van der Waals surface area contributed by atoms with Crippen LogP contribution in [0.3, 0.4) is 0 Å². The molecule has 128 valence electrons. The molecule has 0 spiro atoms. The van der Waals surface area contributed by atoms with Crippen molar-refractivity contribution in [3.05, 3.63) is 35.4 Å². The van der Waals surface area contributed by atoms with Crippen LogP contribution in [-0.4, -0.2) is 47.8 Å². The molecule has 2 aliphatic rings. The van der Waals surface area contributed by atoms with Gasteiger partial charge in [0, 0.05) is 37.6 Å². The number of carbonyl (C=O) groups is 1. The van der Waals surface area contributed by atoms with Crippen LogP contribution in [0.25, 0.3) is 0 Å². The average molecular weight is 331 g/mol. The predicted octanol–water partition coefficient (Wildman–Crippen LogP) is 2.35. The molecule has 4 rings (SSSR count). The lowest BCUT2D eigenvalue weighted by molar-refractivity contribution is 0.0743. The number of carbonyl (C=O) groups excluding carboxylic acids is 1. The third-order valence-electron chi connectivity index (χ3n) is 4.88. The topological polar surface area (TPSA) is 81.6 Å². The van der Waals surface area contributed by atoms with Crippen LogP contribution in [-0.2, 0) is 4.74 Å². The molecule has 2 atom stereocenters. The molecule has 0 aromatic carbocycles. The fraction of sp³-hybridized carbons (Fsp3) is 0.588. The zero-order valence-corrected chi connectivity index (χ0v) is 13.9. The fourth-order valence-electron chi connectivity index (χ4n) is 3.34. The SMILES string of the molecule is COC[C@@H]1CN(C(=O)c2occc2C)C[C@H]1c1nc(C2CC2)no1. The van der Waals surface area contributed by atoms with E-state index in [1.165, 1.54) is 0 Å². The van der Waals surface area contributed by atoms with Crippen molar-refractivity contribution in [3.63, 3.8) is 0 Å². The first-order valence-electron chi connectivity index (χ1n) is 8.33. The van der Waals surface area contributed by atoms with Gasteiger partial charge in [0.15, 0.2) is 11.6 Å². The number of hydrogen-bond acceptors (Lipinski definition) is 6. The molecular weight excluding hydrogens is 310 g/mol. The van der Waals surface area contributed by atoms with Crippen LogP contribution in [0.4, 0.5) is 0 Å². The largest absolute Gasteiger partial charge is 0.459 e. The van der Waals surface area contributed by atoms with Gasteiger partial charge in [0.1, 0.15) is 0 Å². The summed E-state index contributed by atoms with van der Waals surface area (Å²) in [6.45, 7) is 3.56. The molecule has 1 saturated heterocycles. The Morgan fingerprint density at radius 3 is 2.92 bits per heavy atom. The maximum atomic E-state index is 12.7. The number of methoxy groups -OCH3 is 1. The second-order valence-electron chi connectivity index (χ2n) is 6.73. The van der Waals surface area contributed by atoms with Crippen LogP contribution < -0.4 is 0 Å². The van der Waals surface area contributed by atoms with Crippen LogP contribution in [0.15, 0.2) is 21.3 Å². The summed E-state index contributed by atoms with van der Waals surface area (Å²) < 4.78 is 16.2. The van der Waals surface area contributed by atoms with Crippen LogP contribution in [0.5, 0.6) is 0 Å². The maximum absolute atomic E-state index is 12.7. The molecule has 2 fully saturated rings. The molecule has 7 heteroatoms. The summed E-state index contributed by atoms with van der Waals surface area (Å²) in [4.78, 5) is 19.1. The Balaban J connectivity index is 1.54. The Hall–Kier alpha value is -2.15. The molecule has 7 nitrogen and oxygen atoms in total. The number of likely N-dealkylation sites (tertiary alicyclic amines) is 1. The van der Waals surface area contributed by atoms with Crippen molar-refractivity contribution in [2.24, 2.45) is 5.92 Å². The molecule has 1 saturated carbocycles. The van der Waals surface area contributed by atoms with Gasteiger partial charge in [0.2, 0.25) is 5.89 Å². The molecule has 3 heterocycles. The van der Waals surface area contributed by atoms with Crippen molar-refractivity contribution in [3.8, 4) is 0 Å². The van der Waals surface area contributed by atoms with E-state index in [2.05, 4.69) is 10.1 Å². The van der Waals surface area contributed by atoms with Gasteiger partial charge < -0.3 is 18.6 Å². The highest BCUT2D eigenvalue weighted by Crippen LogP contribution is 2.40. The minimum Gasteiger partial charge on any atom is -0.459 e. The number of rotatable bonds is 5. The lowest BCUT2D eigenvalue weighted by Crippen LogP contribution is -2.29. The molecule has 1 aliphatic heterocycles. The lowest BCUT2D eigenvalue weighted by atomic mass is 9.97. The quantitative estimate of drug-likeness (QED) is 0.836. The monoisotopic (exact) mass is 331 g/mol. The summed E-state index contributed by atoms with van der Waals surface area (Å²) in [5.74, 6) is 2.32. The fourth-order valence-corrected chi connectivity index (χ4v) is 3.34. The van der Waals surface area contributed by atoms with Gasteiger partial charge in [0.25, 0.3) is 5.91 Å². The number of amides is 1. The molecule has 2 aromatic heterocycles. The molecule has 1 aliphatic carbocycles. The molecule has 24 heavy (non-hydrogen) atoms. The number of nitrogens with zero attached hydrogens (tertiary/aromatic N) is 3. The minimum atomic E-state index is -0.0944. The first-order chi connectivity index (χ1) is 11.7. The van der Waals surface area contributed by atoms with Crippen LogP contribution in [0.1, 0.15) is 52.5 Å². The smallest absolute Gasteiger partial charge is 0.289 e. The van der Waals surface area contributed by atoms with E-state index in [1.807, 2.05) is 6.92 Å². The van der Waals surface area contributed by atoms with E-state index >= 15 is 0 Å². The van der Waals surface area contributed by atoms with Gasteiger partial charge in [-0.25, -0.2) is 0 Å². The van der Waals surface area contributed by atoms with Gasteiger partial charge in [0.05, 0.1) is 18.8 Å². The lowest BCUT2D eigenvalue weighted by Gasteiger charge is -2.15. The summed E-state index contributed by atoms with van der Waals surface area (Å²) in [5, 5.41) is 4.10. The molecular formula is C17H21N3O4. The second kappa shape index (κ2) is 6.05. The average Bonchev–Trinajstić information content (AvgIpc) is 2.99. The van der Waals surface area contributed by atoms with Crippen molar-refractivity contribution in [2.45, 2.75) is 31.6 Å². The Bertz CT molecular complexity index is 734. The predicted molar refractivity (Wildman–Crippen MR) is 83.7 cm³/mol. The van der Waals surface area contributed by atoms with Gasteiger partial charge in [-0.3, -0.25) is 4.79 Å². The third-order valence-corrected chi connectivity index (χ3v) is 4.88. The molecule has 0 N–H and O–H groups in total. The van der Waals surface area contributed by atoms with Crippen molar-refractivity contribution in [1.82, 2.24) is 15.0 Å². The Morgan fingerprint density at radius 1 is 1.42 bits per heavy atom. The molecule has 0 radical (unpaired) electrons. The highest BCUT2D eigenvalue weighted by Gasteiger charge is 2.41. The highest BCUT2D eigenvalue weighted by molar-refractivity contribution is 5.93. The Labute approximate surface area is 140 Å². The standard InChI is InChI=1S/C17H21N3O4/c1-10-5-6-23-14(10)17(21)20-7-12(9-22-2)13(8-20)16-18-15(19-24-16)11-3-4-11/h5-6,11-13H,3-4,7-9H2,1-2H3/t12-,13+/m0/s1. The van der Waals surface area contributed by atoms with Crippen molar-refractivity contribution in [1.29, 1.82) is 0 Å².